The number of pyridine rings is 1. The normalized spacial score (nSPS) is 12.2. The van der Waals surface area contributed by atoms with Gasteiger partial charge in [-0.1, -0.05) is 30.3 Å². The van der Waals surface area contributed by atoms with E-state index in [-0.39, 0.29) is 0 Å². The van der Waals surface area contributed by atoms with Crippen LogP contribution in [0.1, 0.15) is 27.8 Å². The van der Waals surface area contributed by atoms with Crippen molar-refractivity contribution in [1.82, 2.24) is 0 Å². The highest BCUT2D eigenvalue weighted by Crippen LogP contribution is 2.40. The van der Waals surface area contributed by atoms with Crippen LogP contribution in [0.4, 0.5) is 0 Å². The van der Waals surface area contributed by atoms with Crippen molar-refractivity contribution in [2.75, 3.05) is 0 Å². The highest BCUT2D eigenvalue weighted by molar-refractivity contribution is 5.81. The second-order valence-electron chi connectivity index (χ2n) is 6.73. The van der Waals surface area contributed by atoms with Crippen LogP contribution in [0.5, 0.6) is 0 Å². The van der Waals surface area contributed by atoms with Crippen LogP contribution in [0.2, 0.25) is 0 Å². The molecule has 0 unspecified atom stereocenters. The van der Waals surface area contributed by atoms with Crippen LogP contribution in [0.25, 0.3) is 22.4 Å². The lowest BCUT2D eigenvalue weighted by atomic mass is 9.94. The minimum atomic E-state index is 1.06. The Labute approximate surface area is 138 Å². The first kappa shape index (κ1) is 14.2. The van der Waals surface area contributed by atoms with E-state index in [2.05, 4.69) is 81.0 Å². The van der Waals surface area contributed by atoms with Gasteiger partial charge < -0.3 is 0 Å². The maximum Gasteiger partial charge on any atom is 0.212 e. The maximum absolute atomic E-state index is 2.31. The zero-order valence-electron chi connectivity index (χ0n) is 14.3. The Morgan fingerprint density at radius 2 is 1.57 bits per heavy atom. The fourth-order valence-corrected chi connectivity index (χ4v) is 3.79. The average Bonchev–Trinajstić information content (AvgIpc) is 2.92. The molecule has 1 aliphatic rings. The molecule has 0 N–H and O–H groups in total. The van der Waals surface area contributed by atoms with Crippen molar-refractivity contribution in [3.63, 3.8) is 0 Å². The van der Waals surface area contributed by atoms with Gasteiger partial charge in [0.2, 0.25) is 5.69 Å². The number of nitrogens with zero attached hydrogens (tertiary/aromatic N) is 1. The molecular formula is C22H22N+. The molecule has 0 fully saturated rings. The van der Waals surface area contributed by atoms with E-state index < -0.39 is 0 Å². The molecule has 0 radical (unpaired) electrons. The van der Waals surface area contributed by atoms with E-state index in [1.54, 1.807) is 0 Å². The summed E-state index contributed by atoms with van der Waals surface area (Å²) in [6.45, 7) is 6.64. The molecule has 0 aliphatic heterocycles. The summed E-state index contributed by atoms with van der Waals surface area (Å²) in [5.74, 6) is 0. The molecule has 0 spiro atoms. The van der Waals surface area contributed by atoms with Gasteiger partial charge in [0.25, 0.3) is 0 Å². The molecule has 23 heavy (non-hydrogen) atoms. The summed E-state index contributed by atoms with van der Waals surface area (Å²) in [4.78, 5) is 0. The van der Waals surface area contributed by atoms with Crippen LogP contribution in [0, 0.1) is 20.8 Å². The van der Waals surface area contributed by atoms with Gasteiger partial charge >= 0.3 is 0 Å². The molecule has 0 bridgehead atoms. The summed E-state index contributed by atoms with van der Waals surface area (Å²) in [6.07, 6.45) is 3.28. The third-order valence-corrected chi connectivity index (χ3v) is 5.29. The zero-order valence-corrected chi connectivity index (χ0v) is 14.3. The van der Waals surface area contributed by atoms with Gasteiger partial charge in [-0.05, 0) is 66.6 Å². The minimum absolute atomic E-state index is 1.06. The van der Waals surface area contributed by atoms with E-state index in [0.29, 0.717) is 0 Å². The molecule has 0 saturated carbocycles. The molecule has 1 aliphatic carbocycles. The number of fused-ring (bicyclic) bond motifs is 3. The fourth-order valence-electron chi connectivity index (χ4n) is 3.79. The quantitative estimate of drug-likeness (QED) is 0.450. The highest BCUT2D eigenvalue weighted by Gasteiger charge is 2.23. The number of hydrogen-bond donors (Lipinski definition) is 0. The van der Waals surface area contributed by atoms with E-state index in [9.17, 15) is 0 Å². The molecule has 1 heteroatoms. The monoisotopic (exact) mass is 300 g/mol. The SMILES string of the molecule is Cc1cc(-c2ccc3c(c2C)Cc2ccccc2-3)[n+](C)cc1C. The lowest BCUT2D eigenvalue weighted by Gasteiger charge is -2.11. The number of rotatable bonds is 1. The van der Waals surface area contributed by atoms with E-state index in [4.69, 9.17) is 0 Å². The van der Waals surface area contributed by atoms with Crippen LogP contribution < -0.4 is 4.57 Å². The van der Waals surface area contributed by atoms with Crippen LogP contribution in [-0.2, 0) is 13.5 Å². The summed E-state index contributed by atoms with van der Waals surface area (Å²) in [5, 5.41) is 0. The number of hydrogen-bond acceptors (Lipinski definition) is 0. The van der Waals surface area contributed by atoms with Crippen LogP contribution in [-0.4, -0.2) is 0 Å². The van der Waals surface area contributed by atoms with Gasteiger partial charge in [0.1, 0.15) is 7.05 Å². The highest BCUT2D eigenvalue weighted by atomic mass is 14.9. The van der Waals surface area contributed by atoms with Crippen molar-refractivity contribution >= 4 is 0 Å². The Hall–Kier alpha value is -2.41. The van der Waals surface area contributed by atoms with E-state index in [1.165, 1.54) is 50.2 Å². The molecule has 1 aromatic heterocycles. The molecule has 1 heterocycles. The van der Waals surface area contributed by atoms with Crippen molar-refractivity contribution in [2.45, 2.75) is 27.2 Å². The van der Waals surface area contributed by atoms with Crippen LogP contribution in [0.3, 0.4) is 0 Å². The number of aryl methyl sites for hydroxylation is 3. The van der Waals surface area contributed by atoms with Crippen molar-refractivity contribution in [1.29, 1.82) is 0 Å². The molecule has 0 amide bonds. The largest absolute Gasteiger partial charge is 0.212 e. The molecule has 2 aromatic carbocycles. The summed E-state index contributed by atoms with van der Waals surface area (Å²) in [7, 11) is 2.14. The Morgan fingerprint density at radius 3 is 2.39 bits per heavy atom. The van der Waals surface area contributed by atoms with Gasteiger partial charge in [-0.3, -0.25) is 0 Å². The minimum Gasteiger partial charge on any atom is -0.201 e. The molecule has 0 saturated heterocycles. The topological polar surface area (TPSA) is 3.88 Å². The summed E-state index contributed by atoms with van der Waals surface area (Å²) in [6, 6.07) is 15.7. The molecule has 1 nitrogen and oxygen atoms in total. The molecule has 114 valence electrons. The summed E-state index contributed by atoms with van der Waals surface area (Å²) < 4.78 is 2.25. The van der Waals surface area contributed by atoms with E-state index in [0.717, 1.165) is 6.42 Å². The lowest BCUT2D eigenvalue weighted by molar-refractivity contribution is -0.660. The van der Waals surface area contributed by atoms with Gasteiger partial charge in [0, 0.05) is 17.2 Å². The Balaban J connectivity index is 1.91. The lowest BCUT2D eigenvalue weighted by Crippen LogP contribution is -2.31. The first-order chi connectivity index (χ1) is 11.1. The Morgan fingerprint density at radius 1 is 0.826 bits per heavy atom. The predicted molar refractivity (Wildman–Crippen MR) is 95.5 cm³/mol. The average molecular weight is 300 g/mol. The third kappa shape index (κ3) is 2.11. The molecule has 0 atom stereocenters. The van der Waals surface area contributed by atoms with Gasteiger partial charge in [-0.25, -0.2) is 4.57 Å². The standard InChI is InChI=1S/C22H22N/c1-14-11-22(23(4)13-15(14)2)18-9-10-20-19-8-6-5-7-17(19)12-21(20)16(18)3/h5-11,13H,12H2,1-4H3/q+1. The first-order valence-corrected chi connectivity index (χ1v) is 8.24. The number of benzene rings is 2. The second kappa shape index (κ2) is 5.06. The number of aromatic nitrogens is 1. The fraction of sp³-hybridized carbons (Fsp3) is 0.227. The molecule has 3 aromatic rings. The predicted octanol–water partition coefficient (Wildman–Crippen LogP) is 4.67. The van der Waals surface area contributed by atoms with Gasteiger partial charge in [0.05, 0.1) is 0 Å². The Bertz CT molecular complexity index is 935. The van der Waals surface area contributed by atoms with Crippen LogP contribution >= 0.6 is 0 Å². The van der Waals surface area contributed by atoms with Gasteiger partial charge in [-0.15, -0.1) is 0 Å². The Kier molecular flexibility index (Phi) is 3.12. The second-order valence-corrected chi connectivity index (χ2v) is 6.73. The van der Waals surface area contributed by atoms with Crippen molar-refractivity contribution in [2.24, 2.45) is 7.05 Å². The van der Waals surface area contributed by atoms with Crippen molar-refractivity contribution in [3.05, 3.63) is 76.5 Å². The van der Waals surface area contributed by atoms with Crippen LogP contribution in [0.15, 0.2) is 48.7 Å². The maximum atomic E-state index is 2.31. The molecular weight excluding hydrogens is 278 g/mol. The van der Waals surface area contributed by atoms with Crippen molar-refractivity contribution in [3.8, 4) is 22.4 Å². The first-order valence-electron chi connectivity index (χ1n) is 8.24. The van der Waals surface area contributed by atoms with E-state index in [1.807, 2.05) is 0 Å². The van der Waals surface area contributed by atoms with Gasteiger partial charge in [0.15, 0.2) is 6.20 Å². The van der Waals surface area contributed by atoms with Gasteiger partial charge in [-0.2, -0.15) is 0 Å². The van der Waals surface area contributed by atoms with Crippen molar-refractivity contribution < 1.29 is 4.57 Å². The zero-order chi connectivity index (χ0) is 16.1. The molecule has 4 rings (SSSR count). The van der Waals surface area contributed by atoms with E-state index >= 15 is 0 Å². The summed E-state index contributed by atoms with van der Waals surface area (Å²) in [5.41, 5.74) is 12.5. The smallest absolute Gasteiger partial charge is 0.201 e. The summed E-state index contributed by atoms with van der Waals surface area (Å²) >= 11 is 0. The third-order valence-electron chi connectivity index (χ3n) is 5.29.